The number of carbonyl (C=O) groups is 1. The van der Waals surface area contributed by atoms with E-state index in [9.17, 15) is 4.79 Å². The maximum absolute atomic E-state index is 12.4. The second-order valence-electron chi connectivity index (χ2n) is 5.36. The van der Waals surface area contributed by atoms with Gasteiger partial charge in [0.15, 0.2) is 0 Å². The predicted octanol–water partition coefficient (Wildman–Crippen LogP) is 2.86. The molecule has 1 aliphatic carbocycles. The number of likely N-dealkylation sites (tertiary alicyclic amines) is 1. The summed E-state index contributed by atoms with van der Waals surface area (Å²) in [5.41, 5.74) is 0. The van der Waals surface area contributed by atoms with Crippen LogP contribution in [0.5, 0.6) is 0 Å². The zero-order chi connectivity index (χ0) is 12.1. The summed E-state index contributed by atoms with van der Waals surface area (Å²) in [4.78, 5) is 14.2. The summed E-state index contributed by atoms with van der Waals surface area (Å²) in [5.74, 6) is 0.459. The molecule has 0 radical (unpaired) electrons. The third-order valence-electron chi connectivity index (χ3n) is 4.14. The highest BCUT2D eigenvalue weighted by atomic mass is 16.2. The van der Waals surface area contributed by atoms with Crippen LogP contribution in [0.25, 0.3) is 0 Å². The molecular weight excluding hydrogens is 212 g/mol. The normalized spacial score (nSPS) is 27.2. The van der Waals surface area contributed by atoms with Crippen molar-refractivity contribution in [1.82, 2.24) is 4.90 Å². The van der Waals surface area contributed by atoms with Crippen molar-refractivity contribution >= 4 is 5.91 Å². The lowest BCUT2D eigenvalue weighted by Gasteiger charge is -2.26. The first-order chi connectivity index (χ1) is 8.33. The van der Waals surface area contributed by atoms with Gasteiger partial charge in [0.25, 0.3) is 0 Å². The lowest BCUT2D eigenvalue weighted by atomic mass is 9.90. The lowest BCUT2D eigenvalue weighted by molar-refractivity contribution is -0.136. The van der Waals surface area contributed by atoms with Gasteiger partial charge >= 0.3 is 0 Å². The van der Waals surface area contributed by atoms with E-state index in [4.69, 9.17) is 5.26 Å². The van der Waals surface area contributed by atoms with Crippen LogP contribution in [-0.4, -0.2) is 23.4 Å². The molecule has 1 saturated carbocycles. The number of hydrogen-bond acceptors (Lipinski definition) is 2. The third-order valence-corrected chi connectivity index (χ3v) is 4.14. The fourth-order valence-electron chi connectivity index (χ4n) is 3.10. The molecule has 17 heavy (non-hydrogen) atoms. The molecular formula is C14H22N2O. The number of amides is 1. The van der Waals surface area contributed by atoms with Crippen molar-refractivity contribution in [3.05, 3.63) is 0 Å². The fourth-order valence-corrected chi connectivity index (χ4v) is 3.10. The standard InChI is InChI=1S/C14H22N2O/c15-11-13-9-6-10-16(13)14(17)12-7-4-2-1-3-5-8-12/h12-13H,1-10H2. The number of carbonyl (C=O) groups excluding carboxylic acids is 1. The number of rotatable bonds is 1. The Kier molecular flexibility index (Phi) is 4.42. The van der Waals surface area contributed by atoms with E-state index in [0.29, 0.717) is 0 Å². The van der Waals surface area contributed by atoms with Crippen LogP contribution in [0.2, 0.25) is 0 Å². The molecule has 3 heteroatoms. The molecule has 1 atom stereocenters. The Labute approximate surface area is 104 Å². The molecule has 0 aromatic carbocycles. The summed E-state index contributed by atoms with van der Waals surface area (Å²) in [6, 6.07) is 2.12. The van der Waals surface area contributed by atoms with Crippen molar-refractivity contribution in [2.24, 2.45) is 5.92 Å². The minimum absolute atomic E-state index is 0.145. The first-order valence-electron chi connectivity index (χ1n) is 7.03. The molecule has 1 aliphatic heterocycles. The monoisotopic (exact) mass is 234 g/mol. The Bertz CT molecular complexity index is 300. The predicted molar refractivity (Wildman–Crippen MR) is 66.2 cm³/mol. The van der Waals surface area contributed by atoms with E-state index in [-0.39, 0.29) is 17.9 Å². The zero-order valence-electron chi connectivity index (χ0n) is 10.5. The highest BCUT2D eigenvalue weighted by Gasteiger charge is 2.32. The minimum Gasteiger partial charge on any atom is -0.326 e. The molecule has 94 valence electrons. The van der Waals surface area contributed by atoms with Crippen molar-refractivity contribution in [2.45, 2.75) is 63.8 Å². The van der Waals surface area contributed by atoms with E-state index >= 15 is 0 Å². The molecule has 2 fully saturated rings. The van der Waals surface area contributed by atoms with Crippen LogP contribution in [0.4, 0.5) is 0 Å². The fraction of sp³-hybridized carbons (Fsp3) is 0.857. The second-order valence-corrected chi connectivity index (χ2v) is 5.36. The SMILES string of the molecule is N#CC1CCCN1C(=O)C1CCCCCCC1. The van der Waals surface area contributed by atoms with E-state index in [1.165, 1.54) is 32.1 Å². The summed E-state index contributed by atoms with van der Waals surface area (Å²) < 4.78 is 0. The first-order valence-corrected chi connectivity index (χ1v) is 7.03. The van der Waals surface area contributed by atoms with Crippen molar-refractivity contribution in [2.75, 3.05) is 6.54 Å². The lowest BCUT2D eigenvalue weighted by Crippen LogP contribution is -2.39. The smallest absolute Gasteiger partial charge is 0.226 e. The van der Waals surface area contributed by atoms with E-state index in [0.717, 1.165) is 32.2 Å². The Hall–Kier alpha value is -1.04. The highest BCUT2D eigenvalue weighted by Crippen LogP contribution is 2.27. The van der Waals surface area contributed by atoms with Gasteiger partial charge in [0.1, 0.15) is 6.04 Å². The molecule has 1 saturated heterocycles. The molecule has 2 aliphatic rings. The largest absolute Gasteiger partial charge is 0.326 e. The number of hydrogen-bond donors (Lipinski definition) is 0. The van der Waals surface area contributed by atoms with Crippen LogP contribution >= 0.6 is 0 Å². The van der Waals surface area contributed by atoms with Crippen molar-refractivity contribution in [3.63, 3.8) is 0 Å². The summed E-state index contributed by atoms with van der Waals surface area (Å²) in [5, 5.41) is 9.04. The van der Waals surface area contributed by atoms with E-state index in [1.54, 1.807) is 0 Å². The maximum atomic E-state index is 12.4. The van der Waals surface area contributed by atoms with Crippen LogP contribution in [0.15, 0.2) is 0 Å². The van der Waals surface area contributed by atoms with Gasteiger partial charge in [0.2, 0.25) is 5.91 Å². The van der Waals surface area contributed by atoms with Gasteiger partial charge in [-0.15, -0.1) is 0 Å². The molecule has 3 nitrogen and oxygen atoms in total. The third kappa shape index (κ3) is 3.00. The van der Waals surface area contributed by atoms with Gasteiger partial charge < -0.3 is 4.90 Å². The maximum Gasteiger partial charge on any atom is 0.226 e. The first kappa shape index (κ1) is 12.4. The van der Waals surface area contributed by atoms with Crippen LogP contribution in [0, 0.1) is 17.2 Å². The average molecular weight is 234 g/mol. The molecule has 0 spiro atoms. The quantitative estimate of drug-likeness (QED) is 0.700. The van der Waals surface area contributed by atoms with Crippen LogP contribution in [0.3, 0.4) is 0 Å². The minimum atomic E-state index is -0.145. The molecule has 0 aromatic heterocycles. The Morgan fingerprint density at radius 3 is 2.29 bits per heavy atom. The molecule has 0 aromatic rings. The molecule has 0 bridgehead atoms. The van der Waals surface area contributed by atoms with Crippen LogP contribution in [-0.2, 0) is 4.79 Å². The average Bonchev–Trinajstić information content (AvgIpc) is 2.75. The molecule has 2 rings (SSSR count). The van der Waals surface area contributed by atoms with Crippen LogP contribution in [0.1, 0.15) is 57.8 Å². The Morgan fingerprint density at radius 2 is 1.65 bits per heavy atom. The van der Waals surface area contributed by atoms with Crippen molar-refractivity contribution in [1.29, 1.82) is 5.26 Å². The Morgan fingerprint density at radius 1 is 1.00 bits per heavy atom. The van der Waals surface area contributed by atoms with Gasteiger partial charge in [0.05, 0.1) is 6.07 Å². The van der Waals surface area contributed by atoms with E-state index in [1.807, 2.05) is 4.90 Å². The topological polar surface area (TPSA) is 44.1 Å². The van der Waals surface area contributed by atoms with Gasteiger partial charge in [-0.1, -0.05) is 32.1 Å². The summed E-state index contributed by atoms with van der Waals surface area (Å²) in [6.45, 7) is 0.799. The van der Waals surface area contributed by atoms with Crippen molar-refractivity contribution < 1.29 is 4.79 Å². The number of nitrogens with zero attached hydrogens (tertiary/aromatic N) is 2. The summed E-state index contributed by atoms with van der Waals surface area (Å²) >= 11 is 0. The Balaban J connectivity index is 1.95. The molecule has 0 N–H and O–H groups in total. The van der Waals surface area contributed by atoms with Crippen molar-refractivity contribution in [3.8, 4) is 6.07 Å². The van der Waals surface area contributed by atoms with Crippen LogP contribution < -0.4 is 0 Å². The second kappa shape index (κ2) is 6.05. The molecule has 1 unspecified atom stereocenters. The van der Waals surface area contributed by atoms with E-state index in [2.05, 4.69) is 6.07 Å². The zero-order valence-corrected chi connectivity index (χ0v) is 10.5. The summed E-state index contributed by atoms with van der Waals surface area (Å²) in [7, 11) is 0. The highest BCUT2D eigenvalue weighted by molar-refractivity contribution is 5.79. The van der Waals surface area contributed by atoms with Gasteiger partial charge in [0, 0.05) is 12.5 Å². The summed E-state index contributed by atoms with van der Waals surface area (Å²) in [6.07, 6.45) is 10.2. The van der Waals surface area contributed by atoms with Gasteiger partial charge in [-0.3, -0.25) is 4.79 Å². The molecule has 1 amide bonds. The number of nitriles is 1. The molecule has 1 heterocycles. The van der Waals surface area contributed by atoms with Gasteiger partial charge in [-0.05, 0) is 25.7 Å². The van der Waals surface area contributed by atoms with Gasteiger partial charge in [-0.25, -0.2) is 0 Å². The van der Waals surface area contributed by atoms with E-state index < -0.39 is 0 Å². The van der Waals surface area contributed by atoms with Gasteiger partial charge in [-0.2, -0.15) is 5.26 Å².